The van der Waals surface area contributed by atoms with Crippen LogP contribution in [0.4, 0.5) is 4.79 Å². The lowest BCUT2D eigenvalue weighted by Crippen LogP contribution is -2.26. The normalized spacial score (nSPS) is 13.2. The number of amides is 1. The number of nitrogens with one attached hydrogen (secondary N) is 1. The van der Waals surface area contributed by atoms with E-state index < -0.39 is 22.2 Å². The van der Waals surface area contributed by atoms with Gasteiger partial charge < -0.3 is 19.0 Å². The molecule has 0 spiro atoms. The standard InChI is InChI=1S/C17H16BrClN4O4S2/c1-17(2,3)29(25)21-8-10-11(18)12-13(28-10)14(23-15(19)22-12)27-16(24)20-7-9-5-4-6-26-9/h4-6,8H,7H2,1-3H3,(H,20,24). The lowest BCUT2D eigenvalue weighted by Gasteiger charge is -2.17. The quantitative estimate of drug-likeness (QED) is 0.292. The van der Waals surface area contributed by atoms with Gasteiger partial charge in [0.1, 0.15) is 32.1 Å². The van der Waals surface area contributed by atoms with Crippen LogP contribution in [0.2, 0.25) is 5.28 Å². The number of fused-ring (bicyclic) bond motifs is 1. The average molecular weight is 520 g/mol. The predicted octanol–water partition coefficient (Wildman–Crippen LogP) is 4.87. The zero-order chi connectivity index (χ0) is 21.2. The summed E-state index contributed by atoms with van der Waals surface area (Å²) >= 11 is 9.25. The Morgan fingerprint density at radius 1 is 1.52 bits per heavy atom. The van der Waals surface area contributed by atoms with Crippen molar-refractivity contribution < 1.29 is 18.5 Å². The number of furan rings is 1. The second-order valence-electron chi connectivity index (χ2n) is 6.67. The molecule has 1 unspecified atom stereocenters. The smallest absolute Gasteiger partial charge is 0.414 e. The van der Waals surface area contributed by atoms with Crippen molar-refractivity contribution in [1.82, 2.24) is 15.3 Å². The van der Waals surface area contributed by atoms with Crippen molar-refractivity contribution >= 4 is 72.8 Å². The van der Waals surface area contributed by atoms with Crippen LogP contribution >= 0.6 is 38.9 Å². The van der Waals surface area contributed by atoms with Gasteiger partial charge in [-0.3, -0.25) is 0 Å². The Morgan fingerprint density at radius 3 is 2.93 bits per heavy atom. The Balaban J connectivity index is 1.84. The Kier molecular flexibility index (Phi) is 6.84. The summed E-state index contributed by atoms with van der Waals surface area (Å²) in [7, 11) is 0. The second kappa shape index (κ2) is 9.00. The van der Waals surface area contributed by atoms with Gasteiger partial charge in [-0.05, 0) is 60.4 Å². The van der Waals surface area contributed by atoms with E-state index in [1.165, 1.54) is 23.8 Å². The highest BCUT2D eigenvalue weighted by atomic mass is 79.9. The van der Waals surface area contributed by atoms with Gasteiger partial charge >= 0.3 is 6.09 Å². The van der Waals surface area contributed by atoms with Crippen LogP contribution in [0.25, 0.3) is 10.2 Å². The molecule has 1 amide bonds. The topological polar surface area (TPSA) is 113 Å². The van der Waals surface area contributed by atoms with Gasteiger partial charge in [-0.15, -0.1) is 11.3 Å². The number of hydrogen-bond acceptors (Lipinski definition) is 8. The summed E-state index contributed by atoms with van der Waals surface area (Å²) in [5, 5.41) is 2.49. The average Bonchev–Trinajstić information content (AvgIpc) is 3.26. The highest BCUT2D eigenvalue weighted by Crippen LogP contribution is 2.38. The molecule has 1 N–H and O–H groups in total. The molecule has 0 bridgehead atoms. The number of ether oxygens (including phenoxy) is 1. The van der Waals surface area contributed by atoms with E-state index in [1.807, 2.05) is 20.8 Å². The fraction of sp³-hybridized carbons (Fsp3) is 0.294. The van der Waals surface area contributed by atoms with Crippen LogP contribution in [0.1, 0.15) is 31.4 Å². The Morgan fingerprint density at radius 2 is 2.28 bits per heavy atom. The molecule has 1 atom stereocenters. The summed E-state index contributed by atoms with van der Waals surface area (Å²) < 4.78 is 27.4. The Hall–Kier alpha value is -1.66. The van der Waals surface area contributed by atoms with Crippen LogP contribution in [0.5, 0.6) is 5.88 Å². The minimum absolute atomic E-state index is 0.0132. The van der Waals surface area contributed by atoms with Crippen molar-refractivity contribution in [2.45, 2.75) is 32.1 Å². The number of carbonyl (C=O) groups is 1. The number of rotatable bonds is 5. The summed E-state index contributed by atoms with van der Waals surface area (Å²) in [4.78, 5) is 21.0. The van der Waals surface area contributed by atoms with E-state index in [-0.39, 0.29) is 17.7 Å². The molecule has 3 rings (SSSR count). The molecular formula is C17H16BrClN4O4S2. The number of nitrogens with zero attached hydrogens (tertiary/aromatic N) is 3. The van der Waals surface area contributed by atoms with Gasteiger partial charge in [-0.1, -0.05) is 4.40 Å². The second-order valence-corrected chi connectivity index (χ2v) is 10.8. The Labute approximate surface area is 187 Å². The molecule has 8 nitrogen and oxygen atoms in total. The fourth-order valence-corrected chi connectivity index (χ4v) is 4.46. The van der Waals surface area contributed by atoms with E-state index in [9.17, 15) is 9.35 Å². The first-order valence-corrected chi connectivity index (χ1v) is 11.3. The molecule has 154 valence electrons. The maximum Gasteiger partial charge on any atom is 0.414 e. The molecule has 0 saturated carbocycles. The first kappa shape index (κ1) is 22.0. The van der Waals surface area contributed by atoms with E-state index >= 15 is 0 Å². The molecule has 29 heavy (non-hydrogen) atoms. The highest BCUT2D eigenvalue weighted by molar-refractivity contribution is 9.10. The minimum Gasteiger partial charge on any atom is -0.591 e. The maximum absolute atomic E-state index is 12.2. The summed E-state index contributed by atoms with van der Waals surface area (Å²) in [6, 6.07) is 3.44. The van der Waals surface area contributed by atoms with Crippen molar-refractivity contribution in [1.29, 1.82) is 0 Å². The van der Waals surface area contributed by atoms with Crippen molar-refractivity contribution in [2.75, 3.05) is 0 Å². The van der Waals surface area contributed by atoms with E-state index in [4.69, 9.17) is 20.8 Å². The zero-order valence-electron chi connectivity index (χ0n) is 15.6. The van der Waals surface area contributed by atoms with Gasteiger partial charge in [-0.25, -0.2) is 9.78 Å². The first-order valence-electron chi connectivity index (χ1n) is 8.25. The lowest BCUT2D eigenvalue weighted by atomic mass is 10.3. The van der Waals surface area contributed by atoms with Crippen LogP contribution in [-0.4, -0.2) is 31.6 Å². The monoisotopic (exact) mass is 518 g/mol. The van der Waals surface area contributed by atoms with Crippen molar-refractivity contribution in [2.24, 2.45) is 4.40 Å². The van der Waals surface area contributed by atoms with Crippen LogP contribution in [-0.2, 0) is 17.9 Å². The van der Waals surface area contributed by atoms with Gasteiger partial charge in [0.25, 0.3) is 0 Å². The number of carbonyl (C=O) groups excluding carboxylic acids is 1. The molecule has 0 aromatic carbocycles. The molecule has 3 aromatic rings. The largest absolute Gasteiger partial charge is 0.591 e. The minimum atomic E-state index is -1.42. The number of hydrogen-bond donors (Lipinski definition) is 1. The summed E-state index contributed by atoms with van der Waals surface area (Å²) in [6.07, 6.45) is 2.28. The highest BCUT2D eigenvalue weighted by Gasteiger charge is 2.26. The molecule has 0 aliphatic rings. The molecule has 3 aromatic heterocycles. The molecule has 0 fully saturated rings. The zero-order valence-corrected chi connectivity index (χ0v) is 19.5. The Bertz CT molecular complexity index is 1050. The molecule has 0 aliphatic carbocycles. The number of thiophene rings is 1. The SMILES string of the molecule is CC(C)(C)[S+]([O-])N=Cc1sc2c(OC(=O)NCc3ccco3)nc(Cl)nc2c1Br. The van der Waals surface area contributed by atoms with E-state index in [2.05, 4.69) is 35.6 Å². The van der Waals surface area contributed by atoms with Gasteiger partial charge in [0.15, 0.2) is 0 Å². The molecule has 12 heteroatoms. The maximum atomic E-state index is 12.2. The van der Waals surface area contributed by atoms with Crippen molar-refractivity contribution in [3.8, 4) is 5.88 Å². The number of halogens is 2. The van der Waals surface area contributed by atoms with E-state index in [0.717, 1.165) is 0 Å². The van der Waals surface area contributed by atoms with Crippen molar-refractivity contribution in [3.63, 3.8) is 0 Å². The van der Waals surface area contributed by atoms with Gasteiger partial charge in [0.2, 0.25) is 11.2 Å². The molecular weight excluding hydrogens is 504 g/mol. The van der Waals surface area contributed by atoms with E-state index in [0.29, 0.717) is 25.3 Å². The fourth-order valence-electron chi connectivity index (χ4n) is 2.02. The first-order chi connectivity index (χ1) is 13.6. The van der Waals surface area contributed by atoms with Crippen LogP contribution in [0.15, 0.2) is 31.7 Å². The third kappa shape index (κ3) is 5.48. The van der Waals surface area contributed by atoms with Crippen LogP contribution in [0, 0.1) is 0 Å². The van der Waals surface area contributed by atoms with Crippen molar-refractivity contribution in [3.05, 3.63) is 38.8 Å². The van der Waals surface area contributed by atoms with Crippen LogP contribution in [0.3, 0.4) is 0 Å². The molecule has 0 radical (unpaired) electrons. The van der Waals surface area contributed by atoms with Gasteiger partial charge in [0.05, 0.1) is 28.4 Å². The van der Waals surface area contributed by atoms with Gasteiger partial charge in [-0.2, -0.15) is 4.98 Å². The summed E-state index contributed by atoms with van der Waals surface area (Å²) in [6.45, 7) is 5.66. The summed E-state index contributed by atoms with van der Waals surface area (Å²) in [5.74, 6) is 0.594. The lowest BCUT2D eigenvalue weighted by molar-refractivity contribution is 0.198. The number of aromatic nitrogens is 2. The van der Waals surface area contributed by atoms with E-state index in [1.54, 1.807) is 12.1 Å². The predicted molar refractivity (Wildman–Crippen MR) is 117 cm³/mol. The third-order valence-corrected chi connectivity index (χ3v) is 7.09. The molecule has 0 aliphatic heterocycles. The summed E-state index contributed by atoms with van der Waals surface area (Å²) in [5.41, 5.74) is 0.465. The third-order valence-electron chi connectivity index (χ3n) is 3.41. The van der Waals surface area contributed by atoms with Crippen LogP contribution < -0.4 is 10.1 Å². The van der Waals surface area contributed by atoms with Gasteiger partial charge in [0, 0.05) is 0 Å². The molecule has 0 saturated heterocycles. The molecule has 3 heterocycles.